The van der Waals surface area contributed by atoms with Crippen LogP contribution in [0.25, 0.3) is 0 Å². The van der Waals surface area contributed by atoms with Crippen LogP contribution in [0.15, 0.2) is 83.8 Å². The van der Waals surface area contributed by atoms with Crippen molar-refractivity contribution >= 4 is 33.2 Å². The van der Waals surface area contributed by atoms with E-state index in [0.717, 1.165) is 5.56 Å². The van der Waals surface area contributed by atoms with Gasteiger partial charge in [0.05, 0.1) is 10.9 Å². The first-order chi connectivity index (χ1) is 14.3. The molecule has 8 heteroatoms. The molecule has 0 bridgehead atoms. The van der Waals surface area contributed by atoms with Crippen molar-refractivity contribution in [2.75, 3.05) is 5.32 Å². The maximum absolute atomic E-state index is 12.4. The molecule has 0 fully saturated rings. The summed E-state index contributed by atoms with van der Waals surface area (Å²) in [6.45, 7) is 1.91. The first-order valence-corrected chi connectivity index (χ1v) is 11.1. The number of hydrogen-bond acceptors (Lipinski definition) is 4. The van der Waals surface area contributed by atoms with Crippen LogP contribution in [0.5, 0.6) is 5.75 Å². The summed E-state index contributed by atoms with van der Waals surface area (Å²) in [6, 6.07) is 21.4. The smallest absolute Gasteiger partial charge is 0.242 e. The molecule has 0 aliphatic carbocycles. The molecule has 0 saturated heterocycles. The standard InChI is InChI=1S/C22H21ClN2O4S/c1-16(25-30(27,28)21-13-7-18(23)8-14-21)22(26)24-19-9-11-20(12-10-19)29-15-17-5-3-2-4-6-17/h2-14,16,25H,15H2,1H3,(H,24,26)/t16-/m1/s1. The maximum atomic E-state index is 12.4. The lowest BCUT2D eigenvalue weighted by Gasteiger charge is -2.15. The summed E-state index contributed by atoms with van der Waals surface area (Å²) in [7, 11) is -3.84. The number of halogens is 1. The van der Waals surface area contributed by atoms with Crippen molar-refractivity contribution in [3.05, 3.63) is 89.4 Å². The van der Waals surface area contributed by atoms with Crippen molar-refractivity contribution in [3.63, 3.8) is 0 Å². The Hall–Kier alpha value is -2.87. The van der Waals surface area contributed by atoms with E-state index in [1.807, 2.05) is 30.3 Å². The van der Waals surface area contributed by atoms with E-state index >= 15 is 0 Å². The molecule has 0 saturated carbocycles. The first-order valence-electron chi connectivity index (χ1n) is 9.19. The third-order valence-electron chi connectivity index (χ3n) is 4.22. The van der Waals surface area contributed by atoms with Crippen LogP contribution < -0.4 is 14.8 Å². The molecule has 6 nitrogen and oxygen atoms in total. The van der Waals surface area contributed by atoms with Gasteiger partial charge in [0.2, 0.25) is 15.9 Å². The third-order valence-corrected chi connectivity index (χ3v) is 6.03. The molecule has 1 amide bonds. The van der Waals surface area contributed by atoms with Crippen LogP contribution in [0.4, 0.5) is 5.69 Å². The quantitative estimate of drug-likeness (QED) is 0.544. The second-order valence-corrected chi connectivity index (χ2v) is 8.74. The van der Waals surface area contributed by atoms with Gasteiger partial charge < -0.3 is 10.1 Å². The molecule has 0 unspecified atom stereocenters. The lowest BCUT2D eigenvalue weighted by Crippen LogP contribution is -2.41. The van der Waals surface area contributed by atoms with Gasteiger partial charge >= 0.3 is 0 Å². The van der Waals surface area contributed by atoms with Gasteiger partial charge in [0.25, 0.3) is 0 Å². The molecule has 3 aromatic carbocycles. The van der Waals surface area contributed by atoms with Crippen LogP contribution in [0, 0.1) is 0 Å². The highest BCUT2D eigenvalue weighted by molar-refractivity contribution is 7.89. The molecular formula is C22H21ClN2O4S. The van der Waals surface area contributed by atoms with Gasteiger partial charge in [-0.25, -0.2) is 8.42 Å². The van der Waals surface area contributed by atoms with Crippen LogP contribution in [-0.2, 0) is 21.4 Å². The number of carbonyl (C=O) groups excluding carboxylic acids is 1. The van der Waals surface area contributed by atoms with Crippen LogP contribution in [0.2, 0.25) is 5.02 Å². The second-order valence-electron chi connectivity index (χ2n) is 6.58. The SMILES string of the molecule is C[C@@H](NS(=O)(=O)c1ccc(Cl)cc1)C(=O)Nc1ccc(OCc2ccccc2)cc1. The Kier molecular flexibility index (Phi) is 7.10. The van der Waals surface area contributed by atoms with E-state index in [2.05, 4.69) is 10.0 Å². The lowest BCUT2D eigenvalue weighted by atomic mass is 10.2. The van der Waals surface area contributed by atoms with Crippen molar-refractivity contribution in [2.24, 2.45) is 0 Å². The monoisotopic (exact) mass is 444 g/mol. The zero-order valence-electron chi connectivity index (χ0n) is 16.2. The average Bonchev–Trinajstić information content (AvgIpc) is 2.74. The summed E-state index contributed by atoms with van der Waals surface area (Å²) < 4.78 is 32.9. The number of benzene rings is 3. The molecule has 3 aromatic rings. The largest absolute Gasteiger partial charge is 0.489 e. The fourth-order valence-electron chi connectivity index (χ4n) is 2.59. The van der Waals surface area contributed by atoms with Crippen LogP contribution in [0.1, 0.15) is 12.5 Å². The molecule has 1 atom stereocenters. The molecule has 0 heterocycles. The number of anilines is 1. The summed E-state index contributed by atoms with van der Waals surface area (Å²) in [5, 5.41) is 3.11. The zero-order valence-corrected chi connectivity index (χ0v) is 17.8. The highest BCUT2D eigenvalue weighted by Crippen LogP contribution is 2.18. The lowest BCUT2D eigenvalue weighted by molar-refractivity contribution is -0.117. The number of sulfonamides is 1. The number of hydrogen-bond donors (Lipinski definition) is 2. The van der Waals surface area contributed by atoms with E-state index in [9.17, 15) is 13.2 Å². The van der Waals surface area contributed by atoms with E-state index in [1.54, 1.807) is 24.3 Å². The van der Waals surface area contributed by atoms with Crippen LogP contribution in [-0.4, -0.2) is 20.4 Å². The molecule has 30 heavy (non-hydrogen) atoms. The predicted octanol–water partition coefficient (Wildman–Crippen LogP) is 4.22. The summed E-state index contributed by atoms with van der Waals surface area (Å²) >= 11 is 5.78. The Bertz CT molecular complexity index is 1090. The predicted molar refractivity (Wildman–Crippen MR) is 117 cm³/mol. The minimum atomic E-state index is -3.84. The average molecular weight is 445 g/mol. The minimum absolute atomic E-state index is 0.0338. The summed E-state index contributed by atoms with van der Waals surface area (Å²) in [5.74, 6) is 0.179. The molecule has 2 N–H and O–H groups in total. The number of amides is 1. The topological polar surface area (TPSA) is 84.5 Å². The Morgan fingerprint density at radius 1 is 0.967 bits per heavy atom. The zero-order chi connectivity index (χ0) is 21.6. The highest BCUT2D eigenvalue weighted by Gasteiger charge is 2.22. The molecule has 156 valence electrons. The van der Waals surface area contributed by atoms with Gasteiger partial charge in [0.1, 0.15) is 12.4 Å². The summed E-state index contributed by atoms with van der Waals surface area (Å²) in [4.78, 5) is 12.4. The number of nitrogens with one attached hydrogen (secondary N) is 2. The van der Waals surface area contributed by atoms with Crippen LogP contribution >= 0.6 is 11.6 Å². The molecule has 3 rings (SSSR count). The molecule has 0 spiro atoms. The van der Waals surface area contributed by atoms with E-state index in [1.165, 1.54) is 31.2 Å². The number of rotatable bonds is 8. The maximum Gasteiger partial charge on any atom is 0.242 e. The summed E-state index contributed by atoms with van der Waals surface area (Å²) in [6.07, 6.45) is 0. The van der Waals surface area contributed by atoms with E-state index < -0.39 is 22.0 Å². The van der Waals surface area contributed by atoms with Crippen LogP contribution in [0.3, 0.4) is 0 Å². The van der Waals surface area contributed by atoms with Gasteiger partial charge in [-0.05, 0) is 61.0 Å². The van der Waals surface area contributed by atoms with Crippen molar-refractivity contribution in [3.8, 4) is 5.75 Å². The normalized spacial score (nSPS) is 12.2. The van der Waals surface area contributed by atoms with Gasteiger partial charge in [-0.2, -0.15) is 4.72 Å². The Labute approximate surface area is 180 Å². The van der Waals surface area contributed by atoms with Gasteiger partial charge in [-0.3, -0.25) is 4.79 Å². The second kappa shape index (κ2) is 9.75. The Morgan fingerprint density at radius 2 is 1.60 bits per heavy atom. The first kappa shape index (κ1) is 21.8. The Morgan fingerprint density at radius 3 is 2.23 bits per heavy atom. The van der Waals surface area contributed by atoms with E-state index in [0.29, 0.717) is 23.1 Å². The number of carbonyl (C=O) groups is 1. The molecular weight excluding hydrogens is 424 g/mol. The van der Waals surface area contributed by atoms with E-state index in [4.69, 9.17) is 16.3 Å². The highest BCUT2D eigenvalue weighted by atomic mass is 35.5. The molecule has 0 aliphatic heterocycles. The van der Waals surface area contributed by atoms with Gasteiger partial charge in [-0.1, -0.05) is 41.9 Å². The van der Waals surface area contributed by atoms with Crippen molar-refractivity contribution in [1.29, 1.82) is 0 Å². The van der Waals surface area contributed by atoms with E-state index in [-0.39, 0.29) is 4.90 Å². The van der Waals surface area contributed by atoms with Gasteiger partial charge in [0.15, 0.2) is 0 Å². The fraction of sp³-hybridized carbons (Fsp3) is 0.136. The van der Waals surface area contributed by atoms with Crippen molar-refractivity contribution in [1.82, 2.24) is 4.72 Å². The van der Waals surface area contributed by atoms with Gasteiger partial charge in [0, 0.05) is 10.7 Å². The molecule has 0 radical (unpaired) electrons. The fourth-order valence-corrected chi connectivity index (χ4v) is 3.92. The minimum Gasteiger partial charge on any atom is -0.489 e. The molecule has 0 aromatic heterocycles. The molecule has 0 aliphatic rings. The van der Waals surface area contributed by atoms with Crippen molar-refractivity contribution < 1.29 is 17.9 Å². The van der Waals surface area contributed by atoms with Gasteiger partial charge in [-0.15, -0.1) is 0 Å². The van der Waals surface area contributed by atoms with Crippen molar-refractivity contribution in [2.45, 2.75) is 24.5 Å². The number of ether oxygens (including phenoxy) is 1. The Balaban J connectivity index is 1.55. The third kappa shape index (κ3) is 6.06. The summed E-state index contributed by atoms with van der Waals surface area (Å²) in [5.41, 5.74) is 1.58.